The molecule has 0 heterocycles. The number of benzene rings is 3. The SMILES string of the molecule is CCCNC(=O)C(Cc1ccccc1)N(Cc1c(Cl)cccc1Cl)C(=O)COc1ccc(I)cc1. The lowest BCUT2D eigenvalue weighted by atomic mass is 10.0. The first kappa shape index (κ1) is 27.3. The summed E-state index contributed by atoms with van der Waals surface area (Å²) in [6.45, 7) is 2.34. The van der Waals surface area contributed by atoms with Crippen LogP contribution in [0.2, 0.25) is 10.0 Å². The zero-order valence-electron chi connectivity index (χ0n) is 19.3. The zero-order chi connectivity index (χ0) is 25.2. The van der Waals surface area contributed by atoms with Crippen molar-refractivity contribution in [3.05, 3.63) is 97.5 Å². The first-order chi connectivity index (χ1) is 16.9. The molecular formula is C27H27Cl2IN2O3. The Labute approximate surface area is 229 Å². The third-order valence-electron chi connectivity index (χ3n) is 5.39. The standard InChI is InChI=1S/C27H27Cl2IN2O3/c1-2-15-31-27(34)25(16-19-7-4-3-5-8-19)32(17-22-23(28)9-6-10-24(22)29)26(33)18-35-21-13-11-20(30)12-14-21/h3-14,25H,2,15-18H2,1H3,(H,31,34). The van der Waals surface area contributed by atoms with Crippen molar-refractivity contribution < 1.29 is 14.3 Å². The van der Waals surface area contributed by atoms with Gasteiger partial charge >= 0.3 is 0 Å². The number of nitrogens with zero attached hydrogens (tertiary/aromatic N) is 1. The topological polar surface area (TPSA) is 58.6 Å². The molecule has 0 spiro atoms. The van der Waals surface area contributed by atoms with Crippen LogP contribution in [-0.2, 0) is 22.6 Å². The lowest BCUT2D eigenvalue weighted by Crippen LogP contribution is -2.51. The van der Waals surface area contributed by atoms with Crippen LogP contribution in [0.5, 0.6) is 5.75 Å². The number of hydrogen-bond donors (Lipinski definition) is 1. The first-order valence-corrected chi connectivity index (χ1v) is 13.1. The van der Waals surface area contributed by atoms with Crippen molar-refractivity contribution in [1.29, 1.82) is 0 Å². The maximum absolute atomic E-state index is 13.6. The molecule has 2 amide bonds. The molecule has 0 aliphatic carbocycles. The second-order valence-electron chi connectivity index (χ2n) is 7.96. The van der Waals surface area contributed by atoms with E-state index in [4.69, 9.17) is 27.9 Å². The molecule has 8 heteroatoms. The molecule has 1 atom stereocenters. The summed E-state index contributed by atoms with van der Waals surface area (Å²) in [5.41, 5.74) is 1.52. The highest BCUT2D eigenvalue weighted by Gasteiger charge is 2.31. The Morgan fingerprint density at radius 2 is 1.63 bits per heavy atom. The average molecular weight is 625 g/mol. The molecule has 184 valence electrons. The molecular weight excluding hydrogens is 598 g/mol. The molecule has 5 nitrogen and oxygen atoms in total. The van der Waals surface area contributed by atoms with Crippen LogP contribution < -0.4 is 10.1 Å². The predicted octanol–water partition coefficient (Wildman–Crippen LogP) is 6.14. The van der Waals surface area contributed by atoms with Gasteiger partial charge in [0.05, 0.1) is 0 Å². The Bertz CT molecular complexity index is 1110. The van der Waals surface area contributed by atoms with Crippen molar-refractivity contribution in [2.24, 2.45) is 0 Å². The van der Waals surface area contributed by atoms with E-state index in [1.165, 1.54) is 4.90 Å². The summed E-state index contributed by atoms with van der Waals surface area (Å²) in [6.07, 6.45) is 1.12. The fourth-order valence-corrected chi connectivity index (χ4v) is 4.41. The summed E-state index contributed by atoms with van der Waals surface area (Å²) >= 11 is 15.1. The Hall–Kier alpha value is -2.29. The highest BCUT2D eigenvalue weighted by Crippen LogP contribution is 2.27. The van der Waals surface area contributed by atoms with Gasteiger partial charge in [-0.25, -0.2) is 0 Å². The summed E-state index contributed by atoms with van der Waals surface area (Å²) < 4.78 is 6.83. The molecule has 0 aromatic heterocycles. The molecule has 0 fully saturated rings. The molecule has 0 aliphatic rings. The van der Waals surface area contributed by atoms with Crippen LogP contribution in [0.4, 0.5) is 0 Å². The largest absolute Gasteiger partial charge is 0.484 e. The minimum absolute atomic E-state index is 0.0738. The van der Waals surface area contributed by atoms with Gasteiger partial charge < -0.3 is 15.0 Å². The number of amides is 2. The van der Waals surface area contributed by atoms with Gasteiger partial charge in [0.2, 0.25) is 5.91 Å². The molecule has 3 aromatic carbocycles. The maximum Gasteiger partial charge on any atom is 0.261 e. The smallest absolute Gasteiger partial charge is 0.261 e. The number of carbonyl (C=O) groups excluding carboxylic acids is 2. The monoisotopic (exact) mass is 624 g/mol. The van der Waals surface area contributed by atoms with Crippen molar-refractivity contribution >= 4 is 57.6 Å². The van der Waals surface area contributed by atoms with Crippen LogP contribution in [-0.4, -0.2) is 35.9 Å². The molecule has 0 saturated carbocycles. The minimum atomic E-state index is -0.774. The van der Waals surface area contributed by atoms with Gasteiger partial charge in [0, 0.05) is 38.7 Å². The number of hydrogen-bond acceptors (Lipinski definition) is 3. The van der Waals surface area contributed by atoms with Crippen molar-refractivity contribution in [3.63, 3.8) is 0 Å². The van der Waals surface area contributed by atoms with Gasteiger partial charge in [0.15, 0.2) is 6.61 Å². The number of nitrogens with one attached hydrogen (secondary N) is 1. The van der Waals surface area contributed by atoms with Crippen molar-refractivity contribution in [2.45, 2.75) is 32.4 Å². The molecule has 0 bridgehead atoms. The summed E-state index contributed by atoms with van der Waals surface area (Å²) in [5.74, 6) is -0.00172. The summed E-state index contributed by atoms with van der Waals surface area (Å²) in [6, 6.07) is 21.4. The van der Waals surface area contributed by atoms with Crippen LogP contribution in [0.3, 0.4) is 0 Å². The highest BCUT2D eigenvalue weighted by molar-refractivity contribution is 14.1. The second-order valence-corrected chi connectivity index (χ2v) is 10.0. The summed E-state index contributed by atoms with van der Waals surface area (Å²) in [4.78, 5) is 28.4. The van der Waals surface area contributed by atoms with Gasteiger partial charge in [0.1, 0.15) is 11.8 Å². The highest BCUT2D eigenvalue weighted by atomic mass is 127. The van der Waals surface area contributed by atoms with E-state index in [0.717, 1.165) is 15.6 Å². The van der Waals surface area contributed by atoms with E-state index in [2.05, 4.69) is 27.9 Å². The number of rotatable bonds is 11. The third-order valence-corrected chi connectivity index (χ3v) is 6.81. The number of carbonyl (C=O) groups is 2. The number of halogens is 3. The predicted molar refractivity (Wildman–Crippen MR) is 149 cm³/mol. The van der Waals surface area contributed by atoms with E-state index in [1.54, 1.807) is 30.3 Å². The van der Waals surface area contributed by atoms with E-state index >= 15 is 0 Å². The lowest BCUT2D eigenvalue weighted by molar-refractivity contribution is -0.142. The number of ether oxygens (including phenoxy) is 1. The molecule has 0 radical (unpaired) electrons. The quantitative estimate of drug-likeness (QED) is 0.261. The first-order valence-electron chi connectivity index (χ1n) is 11.3. The van der Waals surface area contributed by atoms with Crippen LogP contribution in [0.15, 0.2) is 72.8 Å². The zero-order valence-corrected chi connectivity index (χ0v) is 23.0. The van der Waals surface area contributed by atoms with E-state index in [1.807, 2.05) is 49.4 Å². The molecule has 3 aromatic rings. The lowest BCUT2D eigenvalue weighted by Gasteiger charge is -2.32. The minimum Gasteiger partial charge on any atom is -0.484 e. The van der Waals surface area contributed by atoms with E-state index in [9.17, 15) is 9.59 Å². The van der Waals surface area contributed by atoms with E-state index in [0.29, 0.717) is 34.3 Å². The Kier molecular flexibility index (Phi) is 10.7. The van der Waals surface area contributed by atoms with Crippen molar-refractivity contribution in [2.75, 3.05) is 13.2 Å². The molecule has 1 N–H and O–H groups in total. The Morgan fingerprint density at radius 1 is 0.971 bits per heavy atom. The van der Waals surface area contributed by atoms with Gasteiger partial charge in [-0.2, -0.15) is 0 Å². The van der Waals surface area contributed by atoms with Crippen LogP contribution >= 0.6 is 45.8 Å². The summed E-state index contributed by atoms with van der Waals surface area (Å²) in [7, 11) is 0. The van der Waals surface area contributed by atoms with Crippen LogP contribution in [0.25, 0.3) is 0 Å². The van der Waals surface area contributed by atoms with Crippen LogP contribution in [0.1, 0.15) is 24.5 Å². The van der Waals surface area contributed by atoms with Gasteiger partial charge in [-0.1, -0.05) is 66.5 Å². The Morgan fingerprint density at radius 3 is 2.26 bits per heavy atom. The molecule has 0 aliphatic heterocycles. The van der Waals surface area contributed by atoms with Crippen molar-refractivity contribution in [1.82, 2.24) is 10.2 Å². The second kappa shape index (κ2) is 13.7. The van der Waals surface area contributed by atoms with Crippen LogP contribution in [0, 0.1) is 3.57 Å². The average Bonchev–Trinajstić information content (AvgIpc) is 2.86. The van der Waals surface area contributed by atoms with Gasteiger partial charge in [-0.05, 0) is 71.0 Å². The third kappa shape index (κ3) is 8.12. The van der Waals surface area contributed by atoms with E-state index < -0.39 is 6.04 Å². The molecule has 3 rings (SSSR count). The summed E-state index contributed by atoms with van der Waals surface area (Å²) in [5, 5.41) is 3.81. The van der Waals surface area contributed by atoms with Gasteiger partial charge in [0.25, 0.3) is 5.91 Å². The molecule has 0 saturated heterocycles. The molecule has 1 unspecified atom stereocenters. The van der Waals surface area contributed by atoms with Gasteiger partial charge in [-0.3, -0.25) is 9.59 Å². The van der Waals surface area contributed by atoms with Crippen molar-refractivity contribution in [3.8, 4) is 5.75 Å². The maximum atomic E-state index is 13.6. The Balaban J connectivity index is 1.93. The fourth-order valence-electron chi connectivity index (χ4n) is 3.53. The molecule has 35 heavy (non-hydrogen) atoms. The van der Waals surface area contributed by atoms with E-state index in [-0.39, 0.29) is 25.0 Å². The van der Waals surface area contributed by atoms with Gasteiger partial charge in [-0.15, -0.1) is 0 Å². The normalized spacial score (nSPS) is 11.5. The fraction of sp³-hybridized carbons (Fsp3) is 0.259.